The Morgan fingerprint density at radius 3 is 2.62 bits per heavy atom. The van der Waals surface area contributed by atoms with Gasteiger partial charge in [-0.1, -0.05) is 0 Å². The number of alkyl halides is 3. The zero-order valence-electron chi connectivity index (χ0n) is 6.98. The third kappa shape index (κ3) is 2.37. The molecule has 0 aromatic carbocycles. The Hall–Kier alpha value is -1.20. The molecule has 1 rings (SSSR count). The summed E-state index contributed by atoms with van der Waals surface area (Å²) in [6.07, 6.45) is -4.20. The van der Waals surface area contributed by atoms with E-state index in [4.69, 9.17) is 0 Å². The number of allylic oxidation sites excluding steroid dienone is 1. The second kappa shape index (κ2) is 3.27. The molecule has 0 radical (unpaired) electrons. The Balaban J connectivity index is 2.71. The van der Waals surface area contributed by atoms with Crippen LogP contribution in [0.5, 0.6) is 0 Å². The second-order valence-corrected chi connectivity index (χ2v) is 2.74. The molecule has 0 atom stereocenters. The molecular formula is C7H9F3N2O. The van der Waals surface area contributed by atoms with Gasteiger partial charge in [-0.2, -0.15) is 13.2 Å². The normalized spacial score (nSPS) is 20.6. The third-order valence-electron chi connectivity index (χ3n) is 1.71. The largest absolute Gasteiger partial charge is 0.454 e. The fourth-order valence-corrected chi connectivity index (χ4v) is 0.974. The van der Waals surface area contributed by atoms with Crippen molar-refractivity contribution in [3.63, 3.8) is 0 Å². The first-order valence-corrected chi connectivity index (χ1v) is 3.69. The second-order valence-electron chi connectivity index (χ2n) is 2.74. The lowest BCUT2D eigenvalue weighted by molar-refractivity contribution is -0.165. The quantitative estimate of drug-likeness (QED) is 0.617. The van der Waals surface area contributed by atoms with Crippen LogP contribution in [0.4, 0.5) is 13.2 Å². The minimum Gasteiger partial charge on any atom is -0.370 e. The van der Waals surface area contributed by atoms with Crippen molar-refractivity contribution >= 4 is 5.78 Å². The first-order chi connectivity index (χ1) is 5.91. The average molecular weight is 194 g/mol. The van der Waals surface area contributed by atoms with Crippen LogP contribution in [0.15, 0.2) is 11.9 Å². The van der Waals surface area contributed by atoms with Crippen LogP contribution in [0.25, 0.3) is 0 Å². The highest BCUT2D eigenvalue weighted by atomic mass is 19.4. The maximum Gasteiger partial charge on any atom is 0.454 e. The number of carbonyl (C=O) groups excluding carboxylic acids is 1. The van der Waals surface area contributed by atoms with Gasteiger partial charge in [-0.3, -0.25) is 4.79 Å². The number of likely N-dealkylation sites (N-methyl/N-ethyl adjacent to an activating group) is 1. The summed E-state index contributed by atoms with van der Waals surface area (Å²) in [5.41, 5.74) is 0. The summed E-state index contributed by atoms with van der Waals surface area (Å²) >= 11 is 0. The number of nitrogens with zero attached hydrogens (tertiary/aromatic N) is 1. The van der Waals surface area contributed by atoms with Crippen LogP contribution < -0.4 is 5.32 Å². The Kier molecular flexibility index (Phi) is 2.49. The molecule has 0 spiro atoms. The van der Waals surface area contributed by atoms with E-state index in [1.165, 1.54) is 0 Å². The fourth-order valence-electron chi connectivity index (χ4n) is 0.974. The van der Waals surface area contributed by atoms with Crippen molar-refractivity contribution in [3.05, 3.63) is 11.9 Å². The molecule has 74 valence electrons. The minimum absolute atomic E-state index is 0.224. The molecule has 0 aliphatic carbocycles. The molecule has 0 aromatic heterocycles. The van der Waals surface area contributed by atoms with E-state index in [1.807, 2.05) is 0 Å². The van der Waals surface area contributed by atoms with Crippen LogP contribution >= 0.6 is 0 Å². The summed E-state index contributed by atoms with van der Waals surface area (Å²) in [4.78, 5) is 12.1. The van der Waals surface area contributed by atoms with Crippen molar-refractivity contribution < 1.29 is 18.0 Å². The van der Waals surface area contributed by atoms with Gasteiger partial charge >= 0.3 is 6.18 Å². The van der Waals surface area contributed by atoms with Gasteiger partial charge in [-0.25, -0.2) is 0 Å². The summed E-state index contributed by atoms with van der Waals surface area (Å²) in [7, 11) is 1.62. The standard InChI is InChI=1S/C7H9F3N2O/c1-12-3-2-11-6(12)4-5(13)7(8,9)10/h4,11H,2-3H2,1H3. The van der Waals surface area contributed by atoms with Crippen molar-refractivity contribution in [2.75, 3.05) is 20.1 Å². The Bertz CT molecular complexity index is 247. The van der Waals surface area contributed by atoms with Crippen molar-refractivity contribution in [3.8, 4) is 0 Å². The van der Waals surface area contributed by atoms with E-state index in [-0.39, 0.29) is 5.82 Å². The molecule has 1 saturated heterocycles. The van der Waals surface area contributed by atoms with Crippen LogP contribution in [0.1, 0.15) is 0 Å². The van der Waals surface area contributed by atoms with Crippen LogP contribution in [0, 0.1) is 0 Å². The van der Waals surface area contributed by atoms with Crippen LogP contribution in [-0.2, 0) is 4.79 Å². The van der Waals surface area contributed by atoms with Gasteiger partial charge in [0.25, 0.3) is 5.78 Å². The van der Waals surface area contributed by atoms with Gasteiger partial charge < -0.3 is 10.2 Å². The van der Waals surface area contributed by atoms with E-state index in [1.54, 1.807) is 11.9 Å². The molecule has 1 aliphatic rings. The molecule has 1 aliphatic heterocycles. The van der Waals surface area contributed by atoms with E-state index in [0.29, 0.717) is 19.2 Å². The van der Waals surface area contributed by atoms with Gasteiger partial charge in [-0.15, -0.1) is 0 Å². The Morgan fingerprint density at radius 2 is 2.23 bits per heavy atom. The van der Waals surface area contributed by atoms with E-state index < -0.39 is 12.0 Å². The molecule has 1 heterocycles. The highest BCUT2D eigenvalue weighted by molar-refractivity contribution is 5.94. The van der Waals surface area contributed by atoms with Gasteiger partial charge in [0.05, 0.1) is 0 Å². The van der Waals surface area contributed by atoms with Crippen LogP contribution in [0.2, 0.25) is 0 Å². The van der Waals surface area contributed by atoms with Gasteiger partial charge in [0.15, 0.2) is 0 Å². The zero-order valence-corrected chi connectivity index (χ0v) is 6.98. The highest BCUT2D eigenvalue weighted by Crippen LogP contribution is 2.18. The van der Waals surface area contributed by atoms with Crippen molar-refractivity contribution in [1.29, 1.82) is 0 Å². The van der Waals surface area contributed by atoms with Crippen molar-refractivity contribution in [2.45, 2.75) is 6.18 Å². The molecule has 0 saturated carbocycles. The van der Waals surface area contributed by atoms with Crippen molar-refractivity contribution in [1.82, 2.24) is 10.2 Å². The highest BCUT2D eigenvalue weighted by Gasteiger charge is 2.37. The zero-order chi connectivity index (χ0) is 10.1. The van der Waals surface area contributed by atoms with E-state index in [0.717, 1.165) is 0 Å². The molecule has 0 amide bonds. The Morgan fingerprint density at radius 1 is 1.62 bits per heavy atom. The molecule has 3 nitrogen and oxygen atoms in total. The third-order valence-corrected chi connectivity index (χ3v) is 1.71. The average Bonchev–Trinajstić information content (AvgIpc) is 2.34. The summed E-state index contributed by atoms with van der Waals surface area (Å²) in [5.74, 6) is -1.61. The van der Waals surface area contributed by atoms with Gasteiger partial charge in [0, 0.05) is 26.2 Å². The summed E-state index contributed by atoms with van der Waals surface area (Å²) in [6, 6.07) is 0. The lowest BCUT2D eigenvalue weighted by Crippen LogP contribution is -2.24. The predicted octanol–water partition coefficient (Wildman–Crippen LogP) is 0.494. The molecule has 13 heavy (non-hydrogen) atoms. The molecule has 6 heteroatoms. The molecule has 0 unspecified atom stereocenters. The number of hydrogen-bond donors (Lipinski definition) is 1. The van der Waals surface area contributed by atoms with E-state index in [2.05, 4.69) is 5.32 Å². The predicted molar refractivity (Wildman–Crippen MR) is 39.8 cm³/mol. The topological polar surface area (TPSA) is 32.3 Å². The first kappa shape index (κ1) is 9.88. The number of rotatable bonds is 1. The van der Waals surface area contributed by atoms with Gasteiger partial charge in [0.1, 0.15) is 5.82 Å². The number of hydrogen-bond acceptors (Lipinski definition) is 3. The monoisotopic (exact) mass is 194 g/mol. The summed E-state index contributed by atoms with van der Waals surface area (Å²) in [6.45, 7) is 1.17. The minimum atomic E-state index is -4.78. The maximum absolute atomic E-state index is 11.8. The number of ketones is 1. The maximum atomic E-state index is 11.8. The molecule has 0 aromatic rings. The molecular weight excluding hydrogens is 185 g/mol. The SMILES string of the molecule is CN1CCNC1=CC(=O)C(F)(F)F. The smallest absolute Gasteiger partial charge is 0.370 e. The van der Waals surface area contributed by atoms with Crippen LogP contribution in [-0.4, -0.2) is 37.0 Å². The van der Waals surface area contributed by atoms with Crippen LogP contribution in [0.3, 0.4) is 0 Å². The summed E-state index contributed by atoms with van der Waals surface area (Å²) in [5, 5.41) is 2.68. The van der Waals surface area contributed by atoms with Gasteiger partial charge in [0.2, 0.25) is 0 Å². The molecule has 1 fully saturated rings. The van der Waals surface area contributed by atoms with E-state index in [9.17, 15) is 18.0 Å². The number of nitrogens with one attached hydrogen (secondary N) is 1. The lowest BCUT2D eigenvalue weighted by atomic mass is 10.3. The van der Waals surface area contributed by atoms with Gasteiger partial charge in [-0.05, 0) is 0 Å². The number of halogens is 3. The first-order valence-electron chi connectivity index (χ1n) is 3.69. The fraction of sp³-hybridized carbons (Fsp3) is 0.571. The molecule has 0 bridgehead atoms. The van der Waals surface area contributed by atoms with E-state index >= 15 is 0 Å². The molecule has 1 N–H and O–H groups in total. The summed E-state index contributed by atoms with van der Waals surface area (Å²) < 4.78 is 35.4. The Labute approximate surface area is 73.2 Å². The lowest BCUT2D eigenvalue weighted by Gasteiger charge is -2.11. The number of carbonyl (C=O) groups is 1. The van der Waals surface area contributed by atoms with Crippen molar-refractivity contribution in [2.24, 2.45) is 0 Å².